The van der Waals surface area contributed by atoms with Gasteiger partial charge in [0.1, 0.15) is 5.15 Å². The average Bonchev–Trinajstić information content (AvgIpc) is 2.39. The smallest absolute Gasteiger partial charge is 0.254 e. The van der Waals surface area contributed by atoms with E-state index in [2.05, 4.69) is 4.98 Å². The van der Waals surface area contributed by atoms with Crippen LogP contribution in [0.3, 0.4) is 0 Å². The number of rotatable bonds is 1. The maximum Gasteiger partial charge on any atom is 0.254 e. The lowest BCUT2D eigenvalue weighted by molar-refractivity contribution is 0.0248. The molecule has 1 N–H and O–H groups in total. The molecule has 5 heteroatoms. The minimum absolute atomic E-state index is 0.0873. The third kappa shape index (κ3) is 3.74. The quantitative estimate of drug-likeness (QED) is 0.812. The van der Waals surface area contributed by atoms with Gasteiger partial charge in [0.25, 0.3) is 5.91 Å². The molecule has 0 spiro atoms. The molecule has 0 saturated carbocycles. The third-order valence-corrected chi connectivity index (χ3v) is 4.21. The van der Waals surface area contributed by atoms with Crippen molar-refractivity contribution in [1.29, 1.82) is 0 Å². The summed E-state index contributed by atoms with van der Waals surface area (Å²) in [6.07, 6.45) is 0.361. The number of halogens is 1. The van der Waals surface area contributed by atoms with Crippen LogP contribution in [0.1, 0.15) is 50.2 Å². The first-order chi connectivity index (χ1) is 9.68. The summed E-state index contributed by atoms with van der Waals surface area (Å²) in [5, 5.41) is 10.3. The first-order valence-corrected chi connectivity index (χ1v) is 7.71. The Labute approximate surface area is 131 Å². The molecule has 2 unspecified atom stereocenters. The van der Waals surface area contributed by atoms with E-state index < -0.39 is 6.10 Å². The number of carbonyl (C=O) groups excluding carboxylic acids is 1. The highest BCUT2D eigenvalue weighted by Crippen LogP contribution is 2.25. The number of amides is 1. The lowest BCUT2D eigenvalue weighted by atomic mass is 9.90. The number of nitrogens with zero attached hydrogens (tertiary/aromatic N) is 2. The minimum Gasteiger partial charge on any atom is -0.391 e. The lowest BCUT2D eigenvalue weighted by Crippen LogP contribution is -2.45. The predicted octanol–water partition coefficient (Wildman–Crippen LogP) is 2.88. The van der Waals surface area contributed by atoms with Crippen molar-refractivity contribution in [2.45, 2.75) is 45.6 Å². The average molecular weight is 311 g/mol. The molecule has 1 aliphatic rings. The topological polar surface area (TPSA) is 53.4 Å². The molecule has 1 saturated heterocycles. The second kappa shape index (κ2) is 5.93. The number of hydrogen-bond donors (Lipinski definition) is 1. The van der Waals surface area contributed by atoms with Gasteiger partial charge in [-0.3, -0.25) is 4.79 Å². The van der Waals surface area contributed by atoms with Gasteiger partial charge in [-0.15, -0.1) is 0 Å². The summed E-state index contributed by atoms with van der Waals surface area (Å²) >= 11 is 6.06. The monoisotopic (exact) mass is 310 g/mol. The number of piperidine rings is 1. The molecule has 116 valence electrons. The van der Waals surface area contributed by atoms with Crippen molar-refractivity contribution < 1.29 is 9.90 Å². The number of aromatic nitrogens is 1. The molecule has 1 aromatic rings. The summed E-state index contributed by atoms with van der Waals surface area (Å²) in [5.74, 6) is 0.149. The Morgan fingerprint density at radius 1 is 1.43 bits per heavy atom. The van der Waals surface area contributed by atoms with Crippen molar-refractivity contribution in [3.63, 3.8) is 0 Å². The normalized spacial score (nSPS) is 23.2. The van der Waals surface area contributed by atoms with Crippen LogP contribution >= 0.6 is 11.6 Å². The zero-order chi connectivity index (χ0) is 15.8. The summed E-state index contributed by atoms with van der Waals surface area (Å²) in [5.41, 5.74) is 1.17. The SMILES string of the molecule is CC1CCN(C(=O)c2cc(Cl)nc(C(C)(C)C)c2)CC1O. The van der Waals surface area contributed by atoms with E-state index in [1.54, 1.807) is 17.0 Å². The molecular formula is C16H23ClN2O2. The highest BCUT2D eigenvalue weighted by Gasteiger charge is 2.29. The largest absolute Gasteiger partial charge is 0.391 e. The maximum absolute atomic E-state index is 12.6. The van der Waals surface area contributed by atoms with Gasteiger partial charge in [0, 0.05) is 29.8 Å². The molecule has 0 aromatic carbocycles. The van der Waals surface area contributed by atoms with E-state index in [1.807, 2.05) is 27.7 Å². The Morgan fingerprint density at radius 2 is 2.10 bits per heavy atom. The summed E-state index contributed by atoms with van der Waals surface area (Å²) in [4.78, 5) is 18.6. The van der Waals surface area contributed by atoms with Crippen molar-refractivity contribution in [3.8, 4) is 0 Å². The number of aliphatic hydroxyl groups is 1. The van der Waals surface area contributed by atoms with Crippen molar-refractivity contribution in [2.24, 2.45) is 5.92 Å². The molecule has 1 amide bonds. The fraction of sp³-hybridized carbons (Fsp3) is 0.625. The van der Waals surface area contributed by atoms with E-state index in [9.17, 15) is 9.90 Å². The second-order valence-corrected chi connectivity index (χ2v) is 7.29. The fourth-order valence-corrected chi connectivity index (χ4v) is 2.63. The van der Waals surface area contributed by atoms with E-state index >= 15 is 0 Å². The molecule has 1 fully saturated rings. The Bertz CT molecular complexity index is 540. The Balaban J connectivity index is 2.25. The van der Waals surface area contributed by atoms with Gasteiger partial charge in [-0.2, -0.15) is 0 Å². The third-order valence-electron chi connectivity index (χ3n) is 4.02. The first-order valence-electron chi connectivity index (χ1n) is 7.34. The predicted molar refractivity (Wildman–Crippen MR) is 83.6 cm³/mol. The van der Waals surface area contributed by atoms with Crippen LogP contribution in [0.2, 0.25) is 5.15 Å². The number of β-amino-alcohol motifs (C(OH)–C–C–N with tert-alkyl or cyclic N) is 1. The number of aliphatic hydroxyl groups excluding tert-OH is 1. The van der Waals surface area contributed by atoms with Gasteiger partial charge in [-0.25, -0.2) is 4.98 Å². The molecule has 21 heavy (non-hydrogen) atoms. The van der Waals surface area contributed by atoms with Crippen LogP contribution < -0.4 is 0 Å². The van der Waals surface area contributed by atoms with Crippen LogP contribution in [0.4, 0.5) is 0 Å². The van der Waals surface area contributed by atoms with Crippen LogP contribution in [0.15, 0.2) is 12.1 Å². The van der Waals surface area contributed by atoms with Crippen molar-refractivity contribution in [1.82, 2.24) is 9.88 Å². The zero-order valence-electron chi connectivity index (χ0n) is 13.1. The van der Waals surface area contributed by atoms with Crippen molar-refractivity contribution in [3.05, 3.63) is 28.5 Å². The van der Waals surface area contributed by atoms with Crippen LogP contribution in [0, 0.1) is 5.92 Å². The van der Waals surface area contributed by atoms with Gasteiger partial charge in [-0.05, 0) is 24.5 Å². The lowest BCUT2D eigenvalue weighted by Gasteiger charge is -2.34. The highest BCUT2D eigenvalue weighted by atomic mass is 35.5. The summed E-state index contributed by atoms with van der Waals surface area (Å²) in [6, 6.07) is 3.40. The van der Waals surface area contributed by atoms with E-state index in [-0.39, 0.29) is 17.2 Å². The standard InChI is InChI=1S/C16H23ClN2O2/c1-10-5-6-19(9-12(10)20)15(21)11-7-13(16(2,3)4)18-14(17)8-11/h7-8,10,12,20H,5-6,9H2,1-4H3. The van der Waals surface area contributed by atoms with Crippen LogP contribution in [-0.2, 0) is 5.41 Å². The second-order valence-electron chi connectivity index (χ2n) is 6.90. The van der Waals surface area contributed by atoms with E-state index in [4.69, 9.17) is 11.6 Å². The molecule has 2 atom stereocenters. The molecule has 0 radical (unpaired) electrons. The van der Waals surface area contributed by atoms with Crippen LogP contribution in [0.5, 0.6) is 0 Å². The zero-order valence-corrected chi connectivity index (χ0v) is 13.8. The maximum atomic E-state index is 12.6. The van der Waals surface area contributed by atoms with Crippen molar-refractivity contribution >= 4 is 17.5 Å². The van der Waals surface area contributed by atoms with E-state index in [0.29, 0.717) is 23.8 Å². The van der Waals surface area contributed by atoms with Crippen LogP contribution in [-0.4, -0.2) is 40.1 Å². The minimum atomic E-state index is -0.456. The van der Waals surface area contributed by atoms with Gasteiger partial charge >= 0.3 is 0 Å². The Kier molecular flexibility index (Phi) is 4.59. The van der Waals surface area contributed by atoms with E-state index in [1.165, 1.54) is 0 Å². The molecule has 1 aromatic heterocycles. The fourth-order valence-electron chi connectivity index (χ4n) is 2.42. The number of pyridine rings is 1. The van der Waals surface area contributed by atoms with Crippen molar-refractivity contribution in [2.75, 3.05) is 13.1 Å². The highest BCUT2D eigenvalue weighted by molar-refractivity contribution is 6.29. The molecule has 1 aliphatic heterocycles. The van der Waals surface area contributed by atoms with Gasteiger partial charge in [0.15, 0.2) is 0 Å². The molecular weight excluding hydrogens is 288 g/mol. The van der Waals surface area contributed by atoms with E-state index in [0.717, 1.165) is 12.1 Å². The summed E-state index contributed by atoms with van der Waals surface area (Å²) < 4.78 is 0. The molecule has 2 heterocycles. The number of carbonyl (C=O) groups is 1. The van der Waals surface area contributed by atoms with Crippen LogP contribution in [0.25, 0.3) is 0 Å². The van der Waals surface area contributed by atoms with Gasteiger partial charge in [0.2, 0.25) is 0 Å². The molecule has 0 aliphatic carbocycles. The molecule has 0 bridgehead atoms. The van der Waals surface area contributed by atoms with Gasteiger partial charge in [0.05, 0.1) is 6.10 Å². The number of likely N-dealkylation sites (tertiary alicyclic amines) is 1. The van der Waals surface area contributed by atoms with Gasteiger partial charge < -0.3 is 10.0 Å². The summed E-state index contributed by atoms with van der Waals surface area (Å²) in [7, 11) is 0. The van der Waals surface area contributed by atoms with Gasteiger partial charge in [-0.1, -0.05) is 39.3 Å². The first kappa shape index (κ1) is 16.2. The molecule has 4 nitrogen and oxygen atoms in total. The molecule has 2 rings (SSSR count). The summed E-state index contributed by atoms with van der Waals surface area (Å²) in [6.45, 7) is 9.16. The Hall–Kier alpha value is -1.13. The number of hydrogen-bond acceptors (Lipinski definition) is 3. The Morgan fingerprint density at radius 3 is 2.67 bits per heavy atom.